The molecular weight excluding hydrogens is 655 g/mol. The fourth-order valence-electron chi connectivity index (χ4n) is 7.68. The standard InChI is InChI=1S/C46H31N5S/c1-3-16-31-34-27-28-35-32-21-11-13-25-39(32)50(30-19-9-6-10-20-30)41(35)42(34)51(38(31)4-2)46-48-44(29-17-7-5-8-18-29)47-45(49-46)37-24-15-23-36-33-22-12-14-26-40(33)52-43(36)37/h3-28H,2H2,1H3/b16-3-. The molecule has 5 nitrogen and oxygen atoms in total. The molecule has 0 radical (unpaired) electrons. The van der Waals surface area contributed by atoms with Crippen molar-refractivity contribution in [2.24, 2.45) is 0 Å². The lowest BCUT2D eigenvalue weighted by atomic mass is 10.1. The average molecular weight is 686 g/mol. The van der Waals surface area contributed by atoms with E-state index in [2.05, 4.69) is 156 Å². The number of thiophene rings is 1. The van der Waals surface area contributed by atoms with E-state index in [9.17, 15) is 0 Å². The third kappa shape index (κ3) is 4.51. The third-order valence-electron chi connectivity index (χ3n) is 9.88. The first-order valence-corrected chi connectivity index (χ1v) is 18.2. The molecule has 0 spiro atoms. The van der Waals surface area contributed by atoms with Crippen molar-refractivity contribution < 1.29 is 0 Å². The van der Waals surface area contributed by atoms with E-state index in [-0.39, 0.29) is 0 Å². The van der Waals surface area contributed by atoms with Crippen molar-refractivity contribution in [2.45, 2.75) is 6.92 Å². The van der Waals surface area contributed by atoms with Gasteiger partial charge in [0.15, 0.2) is 11.6 Å². The first kappa shape index (κ1) is 30.2. The second-order valence-electron chi connectivity index (χ2n) is 12.8. The van der Waals surface area contributed by atoms with E-state index in [4.69, 9.17) is 15.0 Å². The summed E-state index contributed by atoms with van der Waals surface area (Å²) in [6.45, 7) is 6.41. The van der Waals surface area contributed by atoms with Crippen LogP contribution in [0.1, 0.15) is 18.2 Å². The summed E-state index contributed by atoms with van der Waals surface area (Å²) >= 11 is 1.78. The summed E-state index contributed by atoms with van der Waals surface area (Å²) in [5.74, 6) is 1.77. The lowest BCUT2D eigenvalue weighted by molar-refractivity contribution is 0.927. The van der Waals surface area contributed by atoms with Gasteiger partial charge in [-0.25, -0.2) is 4.98 Å². The van der Waals surface area contributed by atoms with Crippen LogP contribution in [0.2, 0.25) is 0 Å². The molecule has 10 aromatic rings. The minimum Gasteiger partial charge on any atom is -0.307 e. The zero-order chi connectivity index (χ0) is 34.8. The highest BCUT2D eigenvalue weighted by Crippen LogP contribution is 2.43. The number of aromatic nitrogens is 5. The van der Waals surface area contributed by atoms with Gasteiger partial charge in [0.25, 0.3) is 0 Å². The summed E-state index contributed by atoms with van der Waals surface area (Å²) in [6, 6.07) is 48.8. The van der Waals surface area contributed by atoms with Crippen LogP contribution in [0.15, 0.2) is 152 Å². The van der Waals surface area contributed by atoms with Crippen molar-refractivity contribution in [3.8, 4) is 34.4 Å². The average Bonchev–Trinajstić information content (AvgIpc) is 3.86. The molecule has 0 fully saturated rings. The molecule has 0 saturated heterocycles. The molecule has 0 aliphatic rings. The van der Waals surface area contributed by atoms with Crippen LogP contribution in [0.3, 0.4) is 0 Å². The molecule has 0 bridgehead atoms. The minimum atomic E-state index is 0.537. The second-order valence-corrected chi connectivity index (χ2v) is 13.9. The molecule has 0 saturated carbocycles. The molecule has 0 amide bonds. The highest BCUT2D eigenvalue weighted by molar-refractivity contribution is 7.26. The van der Waals surface area contributed by atoms with Crippen molar-refractivity contribution in [1.29, 1.82) is 0 Å². The lowest BCUT2D eigenvalue weighted by Gasteiger charge is -2.14. The maximum absolute atomic E-state index is 5.38. The molecule has 52 heavy (non-hydrogen) atoms. The Hall–Kier alpha value is -6.63. The SMILES string of the molecule is C=Cc1c(/C=C\C)c2ccc3c4ccccc4n(-c4ccccc4)c3c2n1-c1nc(-c2ccccc2)nc(-c2cccc3c2sc2ccccc23)n1. The van der Waals surface area contributed by atoms with Gasteiger partial charge in [-0.05, 0) is 43.3 Å². The third-order valence-corrected chi connectivity index (χ3v) is 11.1. The minimum absolute atomic E-state index is 0.537. The number of nitrogens with zero attached hydrogens (tertiary/aromatic N) is 5. The topological polar surface area (TPSA) is 48.5 Å². The van der Waals surface area contributed by atoms with E-state index in [0.717, 1.165) is 60.1 Å². The molecule has 6 aromatic carbocycles. The van der Waals surface area contributed by atoms with Gasteiger partial charge in [-0.1, -0.05) is 128 Å². The summed E-state index contributed by atoms with van der Waals surface area (Å²) in [5, 5.41) is 5.86. The predicted octanol–water partition coefficient (Wildman–Crippen LogP) is 12.3. The van der Waals surface area contributed by atoms with E-state index in [0.29, 0.717) is 17.6 Å². The monoisotopic (exact) mass is 685 g/mol. The molecule has 246 valence electrons. The zero-order valence-electron chi connectivity index (χ0n) is 28.4. The van der Waals surface area contributed by atoms with Crippen molar-refractivity contribution in [1.82, 2.24) is 24.1 Å². The van der Waals surface area contributed by atoms with Crippen LogP contribution in [0, 0.1) is 0 Å². The number of hydrogen-bond donors (Lipinski definition) is 0. The van der Waals surface area contributed by atoms with Gasteiger partial charge in [0, 0.05) is 58.7 Å². The molecule has 4 heterocycles. The number of hydrogen-bond acceptors (Lipinski definition) is 4. The molecule has 0 unspecified atom stereocenters. The van der Waals surface area contributed by atoms with Gasteiger partial charge in [0.1, 0.15) is 0 Å². The Balaban J connectivity index is 1.37. The molecule has 0 atom stereocenters. The van der Waals surface area contributed by atoms with E-state index >= 15 is 0 Å². The maximum atomic E-state index is 5.38. The van der Waals surface area contributed by atoms with E-state index in [1.165, 1.54) is 20.9 Å². The Kier molecular flexibility index (Phi) is 6.98. The number of benzene rings is 6. The van der Waals surface area contributed by atoms with Crippen LogP contribution in [0.5, 0.6) is 0 Å². The van der Waals surface area contributed by atoms with E-state index < -0.39 is 0 Å². The van der Waals surface area contributed by atoms with Crippen LogP contribution >= 0.6 is 11.3 Å². The van der Waals surface area contributed by atoms with Gasteiger partial charge in [0.2, 0.25) is 5.95 Å². The van der Waals surface area contributed by atoms with Crippen LogP contribution in [-0.2, 0) is 0 Å². The Morgan fingerprint density at radius 1 is 0.577 bits per heavy atom. The van der Waals surface area contributed by atoms with Gasteiger partial charge in [0.05, 0.1) is 22.2 Å². The van der Waals surface area contributed by atoms with Gasteiger partial charge >= 0.3 is 0 Å². The molecule has 6 heteroatoms. The summed E-state index contributed by atoms with van der Waals surface area (Å²) in [7, 11) is 0. The number of para-hydroxylation sites is 2. The Bertz CT molecular complexity index is 3040. The molecule has 0 aliphatic carbocycles. The Morgan fingerprint density at radius 2 is 1.25 bits per heavy atom. The van der Waals surface area contributed by atoms with E-state index in [1.54, 1.807) is 11.3 Å². The Labute approximate surface area is 304 Å². The summed E-state index contributed by atoms with van der Waals surface area (Å²) in [6.07, 6.45) is 6.17. The highest BCUT2D eigenvalue weighted by atomic mass is 32.1. The van der Waals surface area contributed by atoms with Crippen molar-refractivity contribution >= 4 is 76.4 Å². The van der Waals surface area contributed by atoms with Gasteiger partial charge < -0.3 is 4.57 Å². The highest BCUT2D eigenvalue weighted by Gasteiger charge is 2.25. The number of fused-ring (bicyclic) bond motifs is 8. The smallest absolute Gasteiger partial charge is 0.238 e. The fourth-order valence-corrected chi connectivity index (χ4v) is 8.90. The van der Waals surface area contributed by atoms with Crippen molar-refractivity contribution in [3.63, 3.8) is 0 Å². The number of allylic oxidation sites excluding steroid dienone is 1. The van der Waals surface area contributed by atoms with Crippen LogP contribution in [0.4, 0.5) is 0 Å². The van der Waals surface area contributed by atoms with Crippen LogP contribution < -0.4 is 0 Å². The summed E-state index contributed by atoms with van der Waals surface area (Å²) < 4.78 is 6.96. The van der Waals surface area contributed by atoms with Gasteiger partial charge in [-0.15, -0.1) is 11.3 Å². The van der Waals surface area contributed by atoms with Crippen molar-refractivity contribution in [2.75, 3.05) is 0 Å². The zero-order valence-corrected chi connectivity index (χ0v) is 29.2. The molecule has 10 rings (SSSR count). The van der Waals surface area contributed by atoms with Crippen molar-refractivity contribution in [3.05, 3.63) is 163 Å². The first-order valence-electron chi connectivity index (χ1n) is 17.4. The quantitative estimate of drug-likeness (QED) is 0.175. The predicted molar refractivity (Wildman–Crippen MR) is 220 cm³/mol. The summed E-state index contributed by atoms with van der Waals surface area (Å²) in [4.78, 5) is 15.8. The fraction of sp³-hybridized carbons (Fsp3) is 0.0217. The maximum Gasteiger partial charge on any atom is 0.238 e. The first-order chi connectivity index (χ1) is 25.7. The number of rotatable bonds is 6. The normalized spacial score (nSPS) is 11.9. The summed E-state index contributed by atoms with van der Waals surface area (Å²) in [5.41, 5.74) is 8.19. The second kappa shape index (κ2) is 12.0. The van der Waals surface area contributed by atoms with E-state index in [1.807, 2.05) is 24.3 Å². The largest absolute Gasteiger partial charge is 0.307 e. The van der Waals surface area contributed by atoms with Crippen LogP contribution in [-0.4, -0.2) is 24.1 Å². The molecular formula is C46H31N5S. The Morgan fingerprint density at radius 3 is 2.06 bits per heavy atom. The molecule has 0 aliphatic heterocycles. The molecule has 0 N–H and O–H groups in total. The molecule has 4 aromatic heterocycles. The van der Waals surface area contributed by atoms with Gasteiger partial charge in [-0.3, -0.25) is 4.57 Å². The lowest BCUT2D eigenvalue weighted by Crippen LogP contribution is -2.08. The van der Waals surface area contributed by atoms with Crippen LogP contribution in [0.25, 0.3) is 99.4 Å². The van der Waals surface area contributed by atoms with Gasteiger partial charge in [-0.2, -0.15) is 9.97 Å².